The predicted molar refractivity (Wildman–Crippen MR) is 68.6 cm³/mol. The molecule has 0 atom stereocenters. The third-order valence-corrected chi connectivity index (χ3v) is 2.82. The molecule has 0 bridgehead atoms. The molecule has 4 heteroatoms. The molecule has 0 spiro atoms. The van der Waals surface area contributed by atoms with Crippen LogP contribution in [0.2, 0.25) is 0 Å². The fourth-order valence-corrected chi connectivity index (χ4v) is 2.03. The zero-order valence-electron chi connectivity index (χ0n) is 9.42. The topological polar surface area (TPSA) is 61.6 Å². The van der Waals surface area contributed by atoms with Gasteiger partial charge in [0.25, 0.3) is 0 Å². The summed E-state index contributed by atoms with van der Waals surface area (Å²) < 4.78 is 1.57. The Morgan fingerprint density at radius 3 is 2.78 bits per heavy atom. The van der Waals surface area contributed by atoms with Gasteiger partial charge < -0.3 is 4.98 Å². The van der Waals surface area contributed by atoms with E-state index in [1.165, 1.54) is 0 Å². The smallest absolute Gasteiger partial charge is 0.305 e. The van der Waals surface area contributed by atoms with Gasteiger partial charge in [0.15, 0.2) is 0 Å². The number of aromatic nitrogens is 2. The molecule has 0 aliphatic rings. The van der Waals surface area contributed by atoms with E-state index in [1.54, 1.807) is 22.8 Å². The van der Waals surface area contributed by atoms with Gasteiger partial charge in [0, 0.05) is 0 Å². The Labute approximate surface area is 103 Å². The highest BCUT2D eigenvalue weighted by Gasteiger charge is 2.07. The molecule has 0 aliphatic carbocycles. The van der Waals surface area contributed by atoms with E-state index in [0.29, 0.717) is 11.3 Å². The first-order valence-electron chi connectivity index (χ1n) is 5.50. The fraction of sp³-hybridized carbons (Fsp3) is 0. The van der Waals surface area contributed by atoms with Crippen LogP contribution in [0.25, 0.3) is 16.7 Å². The largest absolute Gasteiger partial charge is 0.331 e. The van der Waals surface area contributed by atoms with Crippen molar-refractivity contribution in [1.82, 2.24) is 9.55 Å². The highest BCUT2D eigenvalue weighted by molar-refractivity contribution is 5.77. The van der Waals surface area contributed by atoms with E-state index >= 15 is 0 Å². The molecule has 2 aromatic carbocycles. The maximum Gasteiger partial charge on any atom is 0.331 e. The second kappa shape index (κ2) is 3.90. The van der Waals surface area contributed by atoms with Gasteiger partial charge in [-0.1, -0.05) is 18.2 Å². The number of H-pyrrole nitrogens is 1. The van der Waals surface area contributed by atoms with Crippen LogP contribution in [0.4, 0.5) is 0 Å². The Morgan fingerprint density at radius 2 is 1.94 bits per heavy atom. The lowest BCUT2D eigenvalue weighted by atomic mass is 10.2. The van der Waals surface area contributed by atoms with Crippen LogP contribution in [-0.2, 0) is 0 Å². The quantitative estimate of drug-likeness (QED) is 0.702. The molecule has 0 saturated heterocycles. The summed E-state index contributed by atoms with van der Waals surface area (Å²) in [5, 5.41) is 8.90. The van der Waals surface area contributed by atoms with Crippen molar-refractivity contribution in [3.05, 3.63) is 64.6 Å². The van der Waals surface area contributed by atoms with Gasteiger partial charge in [-0.15, -0.1) is 0 Å². The lowest BCUT2D eigenvalue weighted by Gasteiger charge is -2.03. The molecule has 86 valence electrons. The Balaban J connectivity index is 2.35. The summed E-state index contributed by atoms with van der Waals surface area (Å²) in [7, 11) is 0. The third kappa shape index (κ3) is 1.50. The van der Waals surface area contributed by atoms with Crippen LogP contribution < -0.4 is 5.69 Å². The molecule has 0 saturated carbocycles. The van der Waals surface area contributed by atoms with E-state index in [2.05, 4.69) is 11.1 Å². The minimum absolute atomic E-state index is 0.203. The molecule has 3 rings (SSSR count). The summed E-state index contributed by atoms with van der Waals surface area (Å²) in [5.74, 6) is 0. The molecule has 0 amide bonds. The first kappa shape index (κ1) is 10.4. The van der Waals surface area contributed by atoms with Crippen LogP contribution in [0, 0.1) is 11.3 Å². The summed E-state index contributed by atoms with van der Waals surface area (Å²) in [6.45, 7) is 0. The summed E-state index contributed by atoms with van der Waals surface area (Å²) in [4.78, 5) is 14.8. The molecule has 3 aromatic rings. The van der Waals surface area contributed by atoms with E-state index in [4.69, 9.17) is 5.26 Å². The normalized spacial score (nSPS) is 10.4. The zero-order chi connectivity index (χ0) is 12.5. The van der Waals surface area contributed by atoms with Crippen molar-refractivity contribution in [1.29, 1.82) is 5.26 Å². The molecule has 18 heavy (non-hydrogen) atoms. The number of fused-ring (bicyclic) bond motifs is 1. The average molecular weight is 235 g/mol. The number of nitrogens with zero attached hydrogens (tertiary/aromatic N) is 2. The van der Waals surface area contributed by atoms with Gasteiger partial charge in [-0.25, -0.2) is 4.79 Å². The average Bonchev–Trinajstić information content (AvgIpc) is 2.74. The first-order valence-corrected chi connectivity index (χ1v) is 5.50. The molecule has 0 radical (unpaired) electrons. The third-order valence-electron chi connectivity index (χ3n) is 2.82. The van der Waals surface area contributed by atoms with Gasteiger partial charge in [-0.05, 0) is 30.3 Å². The molecule has 0 aliphatic heterocycles. The maximum atomic E-state index is 12.0. The number of hydrogen-bond acceptors (Lipinski definition) is 2. The standard InChI is InChI=1S/C14H9N3O/c15-9-10-4-3-5-11(8-10)17-13-7-2-1-6-12(13)16-14(17)18/h1-8H,(H,16,18). The highest BCUT2D eigenvalue weighted by atomic mass is 16.1. The highest BCUT2D eigenvalue weighted by Crippen LogP contribution is 2.15. The van der Waals surface area contributed by atoms with Crippen LogP contribution in [-0.4, -0.2) is 9.55 Å². The number of hydrogen-bond donors (Lipinski definition) is 1. The van der Waals surface area contributed by atoms with Crippen LogP contribution in [0.1, 0.15) is 5.56 Å². The van der Waals surface area contributed by atoms with Crippen molar-refractivity contribution >= 4 is 11.0 Å². The van der Waals surface area contributed by atoms with Crippen LogP contribution in [0.5, 0.6) is 0 Å². The molecule has 1 N–H and O–H groups in total. The molecule has 0 unspecified atom stereocenters. The van der Waals surface area contributed by atoms with Crippen LogP contribution >= 0.6 is 0 Å². The Morgan fingerprint density at radius 1 is 1.11 bits per heavy atom. The van der Waals surface area contributed by atoms with Crippen molar-refractivity contribution < 1.29 is 0 Å². The fourth-order valence-electron chi connectivity index (χ4n) is 2.03. The van der Waals surface area contributed by atoms with Crippen molar-refractivity contribution in [2.75, 3.05) is 0 Å². The number of rotatable bonds is 1. The lowest BCUT2D eigenvalue weighted by molar-refractivity contribution is 1.02. The monoisotopic (exact) mass is 235 g/mol. The number of benzene rings is 2. The molecular formula is C14H9N3O. The van der Waals surface area contributed by atoms with Crippen molar-refractivity contribution in [2.45, 2.75) is 0 Å². The van der Waals surface area contributed by atoms with Crippen molar-refractivity contribution in [2.24, 2.45) is 0 Å². The Bertz CT molecular complexity index is 821. The number of para-hydroxylation sites is 2. The van der Waals surface area contributed by atoms with E-state index in [1.807, 2.05) is 30.3 Å². The molecular weight excluding hydrogens is 226 g/mol. The lowest BCUT2D eigenvalue weighted by Crippen LogP contribution is -2.14. The van der Waals surface area contributed by atoms with Gasteiger partial charge in [-0.3, -0.25) is 4.57 Å². The van der Waals surface area contributed by atoms with E-state index in [0.717, 1.165) is 11.0 Å². The van der Waals surface area contributed by atoms with Crippen molar-refractivity contribution in [3.63, 3.8) is 0 Å². The Hall–Kier alpha value is -2.80. The number of imidazole rings is 1. The van der Waals surface area contributed by atoms with Gasteiger partial charge >= 0.3 is 5.69 Å². The molecule has 1 aromatic heterocycles. The number of nitriles is 1. The number of aromatic amines is 1. The van der Waals surface area contributed by atoms with Gasteiger partial charge in [0.2, 0.25) is 0 Å². The number of nitrogens with one attached hydrogen (secondary N) is 1. The van der Waals surface area contributed by atoms with Gasteiger partial charge in [-0.2, -0.15) is 5.26 Å². The van der Waals surface area contributed by atoms with Crippen molar-refractivity contribution in [3.8, 4) is 11.8 Å². The van der Waals surface area contributed by atoms with Gasteiger partial charge in [0.05, 0.1) is 28.4 Å². The van der Waals surface area contributed by atoms with E-state index in [-0.39, 0.29) is 5.69 Å². The maximum absolute atomic E-state index is 12.0. The zero-order valence-corrected chi connectivity index (χ0v) is 9.42. The predicted octanol–water partition coefficient (Wildman–Crippen LogP) is 2.19. The SMILES string of the molecule is N#Cc1cccc(-n2c(=O)[nH]c3ccccc32)c1. The minimum Gasteiger partial charge on any atom is -0.305 e. The summed E-state index contributed by atoms with van der Waals surface area (Å²) in [5.41, 5.74) is 2.61. The summed E-state index contributed by atoms with van der Waals surface area (Å²) in [6.07, 6.45) is 0. The van der Waals surface area contributed by atoms with E-state index in [9.17, 15) is 4.79 Å². The van der Waals surface area contributed by atoms with Crippen LogP contribution in [0.3, 0.4) is 0 Å². The molecule has 1 heterocycles. The molecule has 4 nitrogen and oxygen atoms in total. The van der Waals surface area contributed by atoms with Gasteiger partial charge in [0.1, 0.15) is 0 Å². The first-order chi connectivity index (χ1) is 8.79. The minimum atomic E-state index is -0.203. The second-order valence-electron chi connectivity index (χ2n) is 3.94. The Kier molecular flexibility index (Phi) is 2.24. The molecule has 0 fully saturated rings. The summed E-state index contributed by atoms with van der Waals surface area (Å²) >= 11 is 0. The summed E-state index contributed by atoms with van der Waals surface area (Å²) in [6, 6.07) is 16.5. The second-order valence-corrected chi connectivity index (χ2v) is 3.94. The van der Waals surface area contributed by atoms with Crippen LogP contribution in [0.15, 0.2) is 53.3 Å². The van der Waals surface area contributed by atoms with E-state index < -0.39 is 0 Å².